The van der Waals surface area contributed by atoms with Crippen LogP contribution in [0.25, 0.3) is 17.2 Å². The van der Waals surface area contributed by atoms with Crippen LogP contribution in [0.5, 0.6) is 5.75 Å². The van der Waals surface area contributed by atoms with Crippen LogP contribution in [0, 0.1) is 6.92 Å². The minimum atomic E-state index is -0.944. The third-order valence-electron chi connectivity index (χ3n) is 5.62. The molecule has 0 saturated heterocycles. The Kier molecular flexibility index (Phi) is 6.56. The minimum absolute atomic E-state index is 0.289. The third kappa shape index (κ3) is 4.68. The Morgan fingerprint density at radius 2 is 2.00 bits per heavy atom. The molecule has 1 aliphatic rings. The first-order valence-corrected chi connectivity index (χ1v) is 11.5. The van der Waals surface area contributed by atoms with Gasteiger partial charge in [-0.25, -0.2) is 4.79 Å². The van der Waals surface area contributed by atoms with E-state index in [1.807, 2.05) is 71.8 Å². The van der Waals surface area contributed by atoms with Crippen LogP contribution in [0.15, 0.2) is 72.2 Å². The van der Waals surface area contributed by atoms with Crippen molar-refractivity contribution in [3.63, 3.8) is 0 Å². The van der Waals surface area contributed by atoms with E-state index >= 15 is 0 Å². The first kappa shape index (κ1) is 22.0. The van der Waals surface area contributed by atoms with Crippen molar-refractivity contribution in [2.24, 2.45) is 0 Å². The first-order valence-electron chi connectivity index (χ1n) is 10.7. The van der Waals surface area contributed by atoms with Crippen LogP contribution in [-0.2, 0) is 6.54 Å². The number of aromatic nitrogens is 1. The summed E-state index contributed by atoms with van der Waals surface area (Å²) in [6, 6.07) is 16.0. The van der Waals surface area contributed by atoms with Gasteiger partial charge in [0.1, 0.15) is 11.4 Å². The molecule has 164 valence electrons. The third-order valence-corrected chi connectivity index (χ3v) is 6.97. The van der Waals surface area contributed by atoms with Gasteiger partial charge in [-0.1, -0.05) is 49.1 Å². The van der Waals surface area contributed by atoms with Crippen molar-refractivity contribution >= 4 is 23.8 Å². The van der Waals surface area contributed by atoms with E-state index in [0.717, 1.165) is 38.9 Å². The van der Waals surface area contributed by atoms with Gasteiger partial charge in [0.25, 0.3) is 0 Å². The highest BCUT2D eigenvalue weighted by molar-refractivity contribution is 8.00. The lowest BCUT2D eigenvalue weighted by molar-refractivity contribution is 0.0686. The van der Waals surface area contributed by atoms with Crippen molar-refractivity contribution in [1.29, 1.82) is 0 Å². The van der Waals surface area contributed by atoms with Gasteiger partial charge in [0.05, 0.1) is 7.11 Å². The second-order valence-corrected chi connectivity index (χ2v) is 9.28. The Balaban J connectivity index is 1.83. The zero-order valence-corrected chi connectivity index (χ0v) is 19.2. The Bertz CT molecular complexity index is 1170. The Morgan fingerprint density at radius 3 is 2.62 bits per heavy atom. The molecule has 1 fully saturated rings. The smallest absolute Gasteiger partial charge is 0.353 e. The minimum Gasteiger partial charge on any atom is -0.497 e. The molecular weight excluding hydrogens is 418 g/mol. The van der Waals surface area contributed by atoms with E-state index in [1.165, 1.54) is 17.7 Å². The van der Waals surface area contributed by atoms with E-state index in [-0.39, 0.29) is 5.69 Å². The summed E-state index contributed by atoms with van der Waals surface area (Å²) in [5.74, 6) is -0.194. The van der Waals surface area contributed by atoms with Gasteiger partial charge in [-0.05, 0) is 55.2 Å². The summed E-state index contributed by atoms with van der Waals surface area (Å²) in [6.45, 7) is 6.19. The SMILES string of the molecule is C=C/C=C\c1c(-c2ccc(SC3CC3)cc2)c(C(=O)O)n(Cc2cccc(OC)c2)c1C. The number of methoxy groups -OCH3 is 1. The van der Waals surface area contributed by atoms with E-state index in [0.29, 0.717) is 6.54 Å². The van der Waals surface area contributed by atoms with E-state index in [4.69, 9.17) is 4.74 Å². The van der Waals surface area contributed by atoms with Gasteiger partial charge < -0.3 is 14.4 Å². The molecule has 4 nitrogen and oxygen atoms in total. The molecule has 1 N–H and O–H groups in total. The van der Waals surface area contributed by atoms with Crippen LogP contribution >= 0.6 is 11.8 Å². The number of nitrogens with zero attached hydrogens (tertiary/aromatic N) is 1. The van der Waals surface area contributed by atoms with Crippen LogP contribution in [0.4, 0.5) is 0 Å². The molecule has 5 heteroatoms. The van der Waals surface area contributed by atoms with E-state index in [1.54, 1.807) is 13.2 Å². The van der Waals surface area contributed by atoms with Gasteiger partial charge in [0.15, 0.2) is 0 Å². The summed E-state index contributed by atoms with van der Waals surface area (Å²) in [6.07, 6.45) is 8.05. The van der Waals surface area contributed by atoms with Gasteiger partial charge in [-0.3, -0.25) is 0 Å². The number of carboxylic acids is 1. The molecular formula is C27H27NO3S. The summed E-state index contributed by atoms with van der Waals surface area (Å²) in [4.78, 5) is 13.7. The van der Waals surface area contributed by atoms with E-state index < -0.39 is 5.97 Å². The predicted octanol–water partition coefficient (Wildman–Crippen LogP) is 6.67. The lowest BCUT2D eigenvalue weighted by Crippen LogP contribution is -2.12. The van der Waals surface area contributed by atoms with Crippen LogP contribution < -0.4 is 4.74 Å². The average molecular weight is 446 g/mol. The van der Waals surface area contributed by atoms with Gasteiger partial charge >= 0.3 is 5.97 Å². The van der Waals surface area contributed by atoms with Crippen LogP contribution in [0.3, 0.4) is 0 Å². The number of benzene rings is 2. The van der Waals surface area contributed by atoms with Crippen molar-refractivity contribution < 1.29 is 14.6 Å². The number of aromatic carboxylic acids is 1. The number of ether oxygens (including phenoxy) is 1. The standard InChI is InChI=1S/C27H27NO3S/c1-4-5-9-24-18(2)28(17-19-7-6-8-21(16-19)31-3)26(27(29)30)25(24)20-10-12-22(13-11-20)32-23-14-15-23/h4-13,16,23H,1,14-15,17H2,2-3H3,(H,29,30)/b9-5-. The lowest BCUT2D eigenvalue weighted by Gasteiger charge is -2.11. The maximum absolute atomic E-state index is 12.5. The molecule has 1 saturated carbocycles. The zero-order valence-electron chi connectivity index (χ0n) is 18.4. The van der Waals surface area contributed by atoms with Crippen LogP contribution in [-0.4, -0.2) is 28.0 Å². The van der Waals surface area contributed by atoms with Gasteiger partial charge in [0.2, 0.25) is 0 Å². The zero-order chi connectivity index (χ0) is 22.7. The molecule has 1 aliphatic carbocycles. The maximum Gasteiger partial charge on any atom is 0.353 e. The average Bonchev–Trinajstić information content (AvgIpc) is 3.57. The summed E-state index contributed by atoms with van der Waals surface area (Å²) >= 11 is 1.89. The molecule has 3 aromatic rings. The monoisotopic (exact) mass is 445 g/mol. The molecule has 1 heterocycles. The van der Waals surface area contributed by atoms with Gasteiger partial charge in [-0.2, -0.15) is 0 Å². The quantitative estimate of drug-likeness (QED) is 0.374. The fourth-order valence-corrected chi connectivity index (χ4v) is 4.92. The van der Waals surface area contributed by atoms with Crippen molar-refractivity contribution in [2.75, 3.05) is 7.11 Å². The summed E-state index contributed by atoms with van der Waals surface area (Å²) in [5.41, 5.74) is 4.70. The van der Waals surface area contributed by atoms with Gasteiger partial charge in [0, 0.05) is 33.5 Å². The van der Waals surface area contributed by atoms with Crippen molar-refractivity contribution in [3.05, 3.63) is 89.8 Å². The molecule has 32 heavy (non-hydrogen) atoms. The highest BCUT2D eigenvalue weighted by Crippen LogP contribution is 2.40. The second-order valence-electron chi connectivity index (χ2n) is 7.90. The Morgan fingerprint density at radius 1 is 1.25 bits per heavy atom. The number of carbonyl (C=O) groups is 1. The second kappa shape index (κ2) is 9.53. The Hall–Kier alpha value is -3.18. The molecule has 0 bridgehead atoms. The molecule has 0 atom stereocenters. The highest BCUT2D eigenvalue weighted by atomic mass is 32.2. The summed E-state index contributed by atoms with van der Waals surface area (Å²) in [7, 11) is 1.63. The fraction of sp³-hybridized carbons (Fsp3) is 0.222. The van der Waals surface area contributed by atoms with Crippen LogP contribution in [0.1, 0.15) is 40.2 Å². The fourth-order valence-electron chi connectivity index (χ4n) is 3.87. The number of rotatable bonds is 9. The summed E-state index contributed by atoms with van der Waals surface area (Å²) in [5, 5.41) is 11.0. The maximum atomic E-state index is 12.5. The summed E-state index contributed by atoms with van der Waals surface area (Å²) < 4.78 is 7.22. The van der Waals surface area contributed by atoms with Crippen molar-refractivity contribution in [1.82, 2.24) is 4.57 Å². The van der Waals surface area contributed by atoms with E-state index in [9.17, 15) is 9.90 Å². The van der Waals surface area contributed by atoms with Crippen molar-refractivity contribution in [2.45, 2.75) is 36.5 Å². The topological polar surface area (TPSA) is 51.5 Å². The van der Waals surface area contributed by atoms with E-state index in [2.05, 4.69) is 18.7 Å². The highest BCUT2D eigenvalue weighted by Gasteiger charge is 2.26. The molecule has 2 aromatic carbocycles. The molecule has 0 spiro atoms. The first-order chi connectivity index (χ1) is 15.5. The number of allylic oxidation sites excluding steroid dienone is 2. The van der Waals surface area contributed by atoms with Crippen LogP contribution in [0.2, 0.25) is 0 Å². The largest absolute Gasteiger partial charge is 0.497 e. The predicted molar refractivity (Wildman–Crippen MR) is 132 cm³/mol. The van der Waals surface area contributed by atoms with Crippen molar-refractivity contribution in [3.8, 4) is 16.9 Å². The molecule has 1 aromatic heterocycles. The molecule has 0 amide bonds. The van der Waals surface area contributed by atoms with Gasteiger partial charge in [-0.15, -0.1) is 11.8 Å². The number of hydrogen-bond acceptors (Lipinski definition) is 3. The lowest BCUT2D eigenvalue weighted by atomic mass is 9.99. The normalized spacial score (nSPS) is 13.4. The molecule has 0 unspecified atom stereocenters. The molecule has 0 radical (unpaired) electrons. The Labute approximate surface area is 193 Å². The number of hydrogen-bond donors (Lipinski definition) is 1. The number of thioether (sulfide) groups is 1. The number of carboxylic acid groups (broad SMARTS) is 1. The molecule has 0 aliphatic heterocycles. The molecule has 4 rings (SSSR count).